The molecule has 0 amide bonds. The minimum Gasteiger partial charge on any atom is -0.485 e. The lowest BCUT2D eigenvalue weighted by atomic mass is 10.0. The van der Waals surface area contributed by atoms with Crippen LogP contribution in [0, 0.1) is 6.92 Å². The van der Waals surface area contributed by atoms with Gasteiger partial charge < -0.3 is 14.6 Å². The highest BCUT2D eigenvalue weighted by Gasteiger charge is 2.12. The second-order valence-electron chi connectivity index (χ2n) is 4.80. The Bertz CT molecular complexity index is 566. The van der Waals surface area contributed by atoms with E-state index >= 15 is 0 Å². The molecule has 0 aliphatic carbocycles. The first-order valence-corrected chi connectivity index (χ1v) is 6.86. The molecule has 0 bridgehead atoms. The summed E-state index contributed by atoms with van der Waals surface area (Å²) in [6.45, 7) is 6.47. The second-order valence-corrected chi connectivity index (χ2v) is 4.80. The maximum atomic E-state index is 5.83. The van der Waals surface area contributed by atoms with E-state index in [2.05, 4.69) is 35.4 Å². The van der Waals surface area contributed by atoms with Gasteiger partial charge in [-0.15, -0.1) is 0 Å². The molecular weight excluding hydrogens is 254 g/mol. The maximum absolute atomic E-state index is 5.83. The molecule has 0 aliphatic heterocycles. The number of aryl methyl sites for hydroxylation is 2. The van der Waals surface area contributed by atoms with Gasteiger partial charge in [0.15, 0.2) is 6.61 Å². The fraction of sp³-hybridized carbons (Fsp3) is 0.467. The zero-order valence-electron chi connectivity index (χ0n) is 12.4. The number of nitrogens with zero attached hydrogens (tertiary/aromatic N) is 2. The number of nitrogens with one attached hydrogen (secondary N) is 1. The van der Waals surface area contributed by atoms with Crippen molar-refractivity contribution in [2.45, 2.75) is 39.8 Å². The summed E-state index contributed by atoms with van der Waals surface area (Å²) in [5.41, 5.74) is 2.34. The van der Waals surface area contributed by atoms with Crippen LogP contribution in [0.15, 0.2) is 22.7 Å². The third kappa shape index (κ3) is 3.36. The van der Waals surface area contributed by atoms with E-state index in [1.54, 1.807) is 0 Å². The van der Waals surface area contributed by atoms with Gasteiger partial charge in [0.05, 0.1) is 0 Å². The van der Waals surface area contributed by atoms with Crippen molar-refractivity contribution in [1.29, 1.82) is 0 Å². The van der Waals surface area contributed by atoms with Crippen LogP contribution in [0.4, 0.5) is 0 Å². The second kappa shape index (κ2) is 6.52. The molecule has 1 unspecified atom stereocenters. The fourth-order valence-electron chi connectivity index (χ4n) is 1.93. The van der Waals surface area contributed by atoms with Crippen LogP contribution in [0.3, 0.4) is 0 Å². The molecule has 2 aromatic rings. The summed E-state index contributed by atoms with van der Waals surface area (Å²) >= 11 is 0. The Balaban J connectivity index is 2.12. The summed E-state index contributed by atoms with van der Waals surface area (Å²) in [6, 6.07) is 6.37. The Morgan fingerprint density at radius 3 is 2.85 bits per heavy atom. The van der Waals surface area contributed by atoms with Crippen LogP contribution < -0.4 is 10.1 Å². The van der Waals surface area contributed by atoms with E-state index in [1.165, 1.54) is 5.56 Å². The van der Waals surface area contributed by atoms with Crippen LogP contribution in [0.5, 0.6) is 5.75 Å². The molecule has 0 saturated heterocycles. The molecule has 108 valence electrons. The quantitative estimate of drug-likeness (QED) is 0.878. The van der Waals surface area contributed by atoms with Gasteiger partial charge in [0.25, 0.3) is 0 Å². The minimum absolute atomic E-state index is 0.223. The van der Waals surface area contributed by atoms with Gasteiger partial charge in [-0.3, -0.25) is 0 Å². The normalized spacial score (nSPS) is 12.4. The largest absolute Gasteiger partial charge is 0.485 e. The third-order valence-corrected chi connectivity index (χ3v) is 3.23. The molecule has 1 aromatic carbocycles. The number of hydrogen-bond acceptors (Lipinski definition) is 5. The SMILES string of the molecule is CCc1nc(COc2ccc(C)cc2C(C)NC)no1. The van der Waals surface area contributed by atoms with Gasteiger partial charge >= 0.3 is 0 Å². The van der Waals surface area contributed by atoms with E-state index in [0.717, 1.165) is 17.7 Å². The van der Waals surface area contributed by atoms with Gasteiger partial charge in [0.2, 0.25) is 11.7 Å². The van der Waals surface area contributed by atoms with E-state index in [1.807, 2.05) is 26.1 Å². The monoisotopic (exact) mass is 275 g/mol. The molecule has 5 nitrogen and oxygen atoms in total. The zero-order valence-corrected chi connectivity index (χ0v) is 12.4. The topological polar surface area (TPSA) is 60.2 Å². The number of hydrogen-bond donors (Lipinski definition) is 1. The van der Waals surface area contributed by atoms with Crippen molar-refractivity contribution in [2.75, 3.05) is 7.05 Å². The van der Waals surface area contributed by atoms with Gasteiger partial charge in [-0.25, -0.2) is 0 Å². The number of rotatable bonds is 6. The van der Waals surface area contributed by atoms with Crippen LogP contribution in [-0.2, 0) is 13.0 Å². The van der Waals surface area contributed by atoms with Crippen molar-refractivity contribution in [2.24, 2.45) is 0 Å². The first kappa shape index (κ1) is 14.5. The highest BCUT2D eigenvalue weighted by Crippen LogP contribution is 2.26. The summed E-state index contributed by atoms with van der Waals surface area (Å²) < 4.78 is 10.9. The molecule has 0 aliphatic rings. The predicted octanol–water partition coefficient (Wildman–Crippen LogP) is 2.80. The highest BCUT2D eigenvalue weighted by atomic mass is 16.5. The van der Waals surface area contributed by atoms with E-state index < -0.39 is 0 Å². The molecule has 1 N–H and O–H groups in total. The van der Waals surface area contributed by atoms with Gasteiger partial charge in [0.1, 0.15) is 5.75 Å². The molecule has 2 rings (SSSR count). The molecule has 1 aromatic heterocycles. The number of aromatic nitrogens is 2. The van der Waals surface area contributed by atoms with Gasteiger partial charge in [-0.1, -0.05) is 29.8 Å². The lowest BCUT2D eigenvalue weighted by molar-refractivity contribution is 0.280. The zero-order chi connectivity index (χ0) is 14.5. The maximum Gasteiger partial charge on any atom is 0.226 e. The summed E-state index contributed by atoms with van der Waals surface area (Å²) in [5, 5.41) is 7.12. The first-order valence-electron chi connectivity index (χ1n) is 6.86. The van der Waals surface area contributed by atoms with Crippen molar-refractivity contribution in [1.82, 2.24) is 15.5 Å². The van der Waals surface area contributed by atoms with Crippen molar-refractivity contribution in [3.63, 3.8) is 0 Å². The Morgan fingerprint density at radius 1 is 1.40 bits per heavy atom. The lowest BCUT2D eigenvalue weighted by Crippen LogP contribution is -2.14. The number of ether oxygens (including phenoxy) is 1. The summed E-state index contributed by atoms with van der Waals surface area (Å²) in [5.74, 6) is 2.06. The van der Waals surface area contributed by atoms with E-state index in [-0.39, 0.29) is 6.04 Å². The van der Waals surface area contributed by atoms with E-state index in [4.69, 9.17) is 9.26 Å². The van der Waals surface area contributed by atoms with Crippen molar-refractivity contribution in [3.05, 3.63) is 41.0 Å². The Kier molecular flexibility index (Phi) is 4.74. The van der Waals surface area contributed by atoms with Gasteiger partial charge in [-0.2, -0.15) is 4.98 Å². The Morgan fingerprint density at radius 2 is 2.20 bits per heavy atom. The van der Waals surface area contributed by atoms with Crippen molar-refractivity contribution < 1.29 is 9.26 Å². The fourth-order valence-corrected chi connectivity index (χ4v) is 1.93. The average molecular weight is 275 g/mol. The summed E-state index contributed by atoms with van der Waals surface area (Å²) in [6.07, 6.45) is 0.736. The molecular formula is C15H21N3O2. The molecule has 1 atom stereocenters. The van der Waals surface area contributed by atoms with Crippen LogP contribution in [0.25, 0.3) is 0 Å². The summed E-state index contributed by atoms with van der Waals surface area (Å²) in [4.78, 5) is 4.24. The lowest BCUT2D eigenvalue weighted by Gasteiger charge is -2.16. The van der Waals surface area contributed by atoms with Crippen molar-refractivity contribution in [3.8, 4) is 5.75 Å². The average Bonchev–Trinajstić information content (AvgIpc) is 2.93. The van der Waals surface area contributed by atoms with Crippen LogP contribution in [-0.4, -0.2) is 17.2 Å². The van der Waals surface area contributed by atoms with E-state index in [9.17, 15) is 0 Å². The Labute approximate surface area is 119 Å². The predicted molar refractivity (Wildman–Crippen MR) is 76.7 cm³/mol. The van der Waals surface area contributed by atoms with Crippen LogP contribution >= 0.6 is 0 Å². The van der Waals surface area contributed by atoms with Crippen molar-refractivity contribution >= 4 is 0 Å². The number of benzene rings is 1. The van der Waals surface area contributed by atoms with Crippen LogP contribution in [0.2, 0.25) is 0 Å². The summed E-state index contributed by atoms with van der Waals surface area (Å²) in [7, 11) is 1.93. The van der Waals surface area contributed by atoms with Gasteiger partial charge in [0, 0.05) is 18.0 Å². The van der Waals surface area contributed by atoms with Gasteiger partial charge in [-0.05, 0) is 27.0 Å². The minimum atomic E-state index is 0.223. The standard InChI is InChI=1S/C15H21N3O2/c1-5-15-17-14(18-20-15)9-19-13-7-6-10(2)8-12(13)11(3)16-4/h6-8,11,16H,5,9H2,1-4H3. The highest BCUT2D eigenvalue weighted by molar-refractivity contribution is 5.38. The molecule has 0 spiro atoms. The smallest absolute Gasteiger partial charge is 0.226 e. The van der Waals surface area contributed by atoms with Crippen LogP contribution in [0.1, 0.15) is 42.7 Å². The first-order chi connectivity index (χ1) is 9.63. The Hall–Kier alpha value is -1.88. The molecule has 0 radical (unpaired) electrons. The van der Waals surface area contributed by atoms with E-state index in [0.29, 0.717) is 18.3 Å². The molecule has 20 heavy (non-hydrogen) atoms. The molecule has 0 fully saturated rings. The third-order valence-electron chi connectivity index (χ3n) is 3.23. The molecule has 1 heterocycles. The molecule has 5 heteroatoms. The molecule has 0 saturated carbocycles.